The van der Waals surface area contributed by atoms with Crippen LogP contribution in [0.25, 0.3) is 6.08 Å². The van der Waals surface area contributed by atoms with E-state index in [1.54, 1.807) is 30.3 Å². The van der Waals surface area contributed by atoms with Gasteiger partial charge >= 0.3 is 6.18 Å². The molecule has 0 aromatic heterocycles. The zero-order chi connectivity index (χ0) is 14.5. The first kappa shape index (κ1) is 15.3. The molecule has 5 heteroatoms. The van der Waals surface area contributed by atoms with E-state index >= 15 is 0 Å². The van der Waals surface area contributed by atoms with Gasteiger partial charge in [-0.15, -0.1) is 0 Å². The standard InChI is InChI=1S/C14H16F3NO/c1-11(19)18-13(2,14(15,16)17)10-6-9-12-7-4-3-5-8-12/h3-9H,10H2,1-2H3,(H,18,19)/b9-6+. The normalized spacial score (nSPS) is 15.2. The maximum atomic E-state index is 12.9. The highest BCUT2D eigenvalue weighted by Crippen LogP contribution is 2.33. The highest BCUT2D eigenvalue weighted by Gasteiger charge is 2.50. The second kappa shape index (κ2) is 5.91. The van der Waals surface area contributed by atoms with Crippen LogP contribution in [0.1, 0.15) is 25.8 Å². The van der Waals surface area contributed by atoms with Crippen LogP contribution >= 0.6 is 0 Å². The molecule has 1 aromatic rings. The van der Waals surface area contributed by atoms with E-state index in [9.17, 15) is 18.0 Å². The Balaban J connectivity index is 2.80. The van der Waals surface area contributed by atoms with Crippen molar-refractivity contribution >= 4 is 12.0 Å². The lowest BCUT2D eigenvalue weighted by molar-refractivity contribution is -0.192. The molecule has 1 N–H and O–H groups in total. The van der Waals surface area contributed by atoms with Gasteiger partial charge in [0.25, 0.3) is 0 Å². The summed E-state index contributed by atoms with van der Waals surface area (Å²) in [6, 6.07) is 9.01. The van der Waals surface area contributed by atoms with Crippen molar-refractivity contribution in [2.75, 3.05) is 0 Å². The molecule has 1 atom stereocenters. The maximum Gasteiger partial charge on any atom is 0.411 e. The molecule has 0 heterocycles. The molecule has 0 aliphatic rings. The number of alkyl halides is 3. The largest absolute Gasteiger partial charge is 0.411 e. The summed E-state index contributed by atoms with van der Waals surface area (Å²) in [4.78, 5) is 10.9. The monoisotopic (exact) mass is 271 g/mol. The Morgan fingerprint density at radius 2 is 1.84 bits per heavy atom. The summed E-state index contributed by atoms with van der Waals surface area (Å²) in [7, 11) is 0. The fourth-order valence-corrected chi connectivity index (χ4v) is 1.62. The van der Waals surface area contributed by atoms with Crippen LogP contribution in [-0.2, 0) is 4.79 Å². The Morgan fingerprint density at radius 3 is 2.32 bits per heavy atom. The summed E-state index contributed by atoms with van der Waals surface area (Å²) in [5.74, 6) is -0.701. The van der Waals surface area contributed by atoms with Crippen LogP contribution in [0, 0.1) is 0 Å². The van der Waals surface area contributed by atoms with Crippen molar-refractivity contribution in [2.45, 2.75) is 32.0 Å². The molecule has 19 heavy (non-hydrogen) atoms. The van der Waals surface area contributed by atoms with Crippen molar-refractivity contribution in [3.05, 3.63) is 42.0 Å². The predicted molar refractivity (Wildman–Crippen MR) is 68.4 cm³/mol. The van der Waals surface area contributed by atoms with E-state index in [0.29, 0.717) is 0 Å². The van der Waals surface area contributed by atoms with E-state index in [-0.39, 0.29) is 6.42 Å². The van der Waals surface area contributed by atoms with E-state index in [4.69, 9.17) is 0 Å². The van der Waals surface area contributed by atoms with E-state index in [2.05, 4.69) is 0 Å². The highest BCUT2D eigenvalue weighted by molar-refractivity contribution is 5.74. The molecule has 0 spiro atoms. The van der Waals surface area contributed by atoms with E-state index in [1.807, 2.05) is 11.4 Å². The molecule has 0 aliphatic carbocycles. The van der Waals surface area contributed by atoms with Gasteiger partial charge in [-0.3, -0.25) is 4.79 Å². The second-order valence-electron chi connectivity index (χ2n) is 4.53. The highest BCUT2D eigenvalue weighted by atomic mass is 19.4. The summed E-state index contributed by atoms with van der Waals surface area (Å²) in [5.41, 5.74) is -1.43. The molecule has 1 aromatic carbocycles. The first-order chi connectivity index (χ1) is 8.74. The van der Waals surface area contributed by atoms with Crippen molar-refractivity contribution in [1.29, 1.82) is 0 Å². The van der Waals surface area contributed by atoms with Gasteiger partial charge in [-0.25, -0.2) is 0 Å². The number of carbonyl (C=O) groups excluding carboxylic acids is 1. The summed E-state index contributed by atoms with van der Waals surface area (Å²) in [5, 5.41) is 1.97. The average molecular weight is 271 g/mol. The van der Waals surface area contributed by atoms with Gasteiger partial charge in [-0.05, 0) is 18.9 Å². The van der Waals surface area contributed by atoms with Gasteiger partial charge in [0.1, 0.15) is 5.54 Å². The van der Waals surface area contributed by atoms with Gasteiger partial charge in [0.15, 0.2) is 0 Å². The van der Waals surface area contributed by atoms with Gasteiger partial charge in [0.05, 0.1) is 0 Å². The molecule has 1 unspecified atom stereocenters. The van der Waals surface area contributed by atoms with Crippen molar-refractivity contribution < 1.29 is 18.0 Å². The van der Waals surface area contributed by atoms with Crippen molar-refractivity contribution in [3.8, 4) is 0 Å². The van der Waals surface area contributed by atoms with Crippen molar-refractivity contribution in [2.24, 2.45) is 0 Å². The van der Waals surface area contributed by atoms with Gasteiger partial charge in [0, 0.05) is 6.92 Å². The Bertz CT molecular complexity index is 454. The molecular weight excluding hydrogens is 255 g/mol. The molecule has 0 bridgehead atoms. The zero-order valence-electron chi connectivity index (χ0n) is 10.8. The fourth-order valence-electron chi connectivity index (χ4n) is 1.62. The third-order valence-electron chi connectivity index (χ3n) is 2.71. The summed E-state index contributed by atoms with van der Waals surface area (Å²) < 4.78 is 38.8. The van der Waals surface area contributed by atoms with Gasteiger partial charge in [-0.2, -0.15) is 13.2 Å². The van der Waals surface area contributed by atoms with Crippen LogP contribution in [-0.4, -0.2) is 17.6 Å². The van der Waals surface area contributed by atoms with Crippen LogP contribution in [0.2, 0.25) is 0 Å². The summed E-state index contributed by atoms with van der Waals surface area (Å²) >= 11 is 0. The van der Waals surface area contributed by atoms with Crippen LogP contribution in [0.4, 0.5) is 13.2 Å². The number of hydrogen-bond acceptors (Lipinski definition) is 1. The average Bonchev–Trinajstić information content (AvgIpc) is 2.28. The number of benzene rings is 1. The van der Waals surface area contributed by atoms with Crippen molar-refractivity contribution in [1.82, 2.24) is 5.32 Å². The number of hydrogen-bond donors (Lipinski definition) is 1. The first-order valence-corrected chi connectivity index (χ1v) is 5.82. The number of nitrogens with one attached hydrogen (secondary N) is 1. The molecule has 0 saturated carbocycles. The first-order valence-electron chi connectivity index (χ1n) is 5.82. The zero-order valence-corrected chi connectivity index (χ0v) is 10.8. The molecule has 0 radical (unpaired) electrons. The molecule has 1 rings (SSSR count). The molecule has 0 fully saturated rings. The van der Waals surface area contributed by atoms with Crippen LogP contribution in [0.5, 0.6) is 0 Å². The minimum absolute atomic E-state index is 0.315. The van der Waals surface area contributed by atoms with Gasteiger partial charge in [-0.1, -0.05) is 42.5 Å². The van der Waals surface area contributed by atoms with E-state index in [0.717, 1.165) is 19.4 Å². The Kier molecular flexibility index (Phi) is 4.75. The van der Waals surface area contributed by atoms with Gasteiger partial charge in [0.2, 0.25) is 5.91 Å². The third kappa shape index (κ3) is 4.43. The lowest BCUT2D eigenvalue weighted by Crippen LogP contribution is -2.55. The second-order valence-corrected chi connectivity index (χ2v) is 4.53. The number of carbonyl (C=O) groups is 1. The quantitative estimate of drug-likeness (QED) is 0.891. The van der Waals surface area contributed by atoms with E-state index < -0.39 is 17.6 Å². The minimum Gasteiger partial charge on any atom is -0.342 e. The maximum absolute atomic E-state index is 12.9. The van der Waals surface area contributed by atoms with Crippen LogP contribution < -0.4 is 5.32 Å². The fraction of sp³-hybridized carbons (Fsp3) is 0.357. The van der Waals surface area contributed by atoms with Crippen molar-refractivity contribution in [3.63, 3.8) is 0 Å². The van der Waals surface area contributed by atoms with Crippen LogP contribution in [0.3, 0.4) is 0 Å². The Morgan fingerprint density at radius 1 is 1.26 bits per heavy atom. The number of rotatable bonds is 4. The Hall–Kier alpha value is -1.78. The van der Waals surface area contributed by atoms with E-state index in [1.165, 1.54) is 6.08 Å². The third-order valence-corrected chi connectivity index (χ3v) is 2.71. The smallest absolute Gasteiger partial charge is 0.342 e. The Labute approximate surface area is 110 Å². The molecule has 104 valence electrons. The summed E-state index contributed by atoms with van der Waals surface area (Å²) in [6.45, 7) is 2.05. The lowest BCUT2D eigenvalue weighted by atomic mass is 9.96. The number of amides is 1. The molecule has 1 amide bonds. The van der Waals surface area contributed by atoms with Gasteiger partial charge < -0.3 is 5.32 Å². The molecular formula is C14H16F3NO. The molecule has 0 aliphatic heterocycles. The minimum atomic E-state index is -4.50. The molecule has 0 saturated heterocycles. The topological polar surface area (TPSA) is 29.1 Å². The lowest BCUT2D eigenvalue weighted by Gasteiger charge is -2.31. The number of halogens is 3. The van der Waals surface area contributed by atoms with Crippen LogP contribution in [0.15, 0.2) is 36.4 Å². The predicted octanol–water partition coefficient (Wildman–Crippen LogP) is 3.55. The molecule has 2 nitrogen and oxygen atoms in total. The SMILES string of the molecule is CC(=O)NC(C)(C/C=C/c1ccccc1)C(F)(F)F. The summed E-state index contributed by atoms with van der Waals surface area (Å²) in [6.07, 6.45) is -1.80.